The Labute approximate surface area is 94.8 Å². The predicted octanol–water partition coefficient (Wildman–Crippen LogP) is 0.197. The van der Waals surface area contributed by atoms with Gasteiger partial charge in [-0.05, 0) is 26.7 Å². The first-order chi connectivity index (χ1) is 7.48. The van der Waals surface area contributed by atoms with Crippen LogP contribution in [0.15, 0.2) is 5.16 Å². The quantitative estimate of drug-likeness (QED) is 0.277. The maximum Gasteiger partial charge on any atom is 0.252 e. The lowest BCUT2D eigenvalue weighted by Gasteiger charge is -2.24. The van der Waals surface area contributed by atoms with Gasteiger partial charge in [0.15, 0.2) is 0 Å². The van der Waals surface area contributed by atoms with Crippen molar-refractivity contribution >= 4 is 11.7 Å². The maximum atomic E-state index is 11.9. The van der Waals surface area contributed by atoms with Gasteiger partial charge in [-0.1, -0.05) is 5.16 Å². The first-order valence-electron chi connectivity index (χ1n) is 5.39. The summed E-state index contributed by atoms with van der Waals surface area (Å²) in [5, 5.41) is 14.1. The highest BCUT2D eigenvalue weighted by Crippen LogP contribution is 2.25. The topological polar surface area (TPSA) is 96.9 Å². The predicted molar refractivity (Wildman–Crippen MR) is 59.2 cm³/mol. The van der Waals surface area contributed by atoms with E-state index in [1.54, 1.807) is 13.8 Å². The van der Waals surface area contributed by atoms with Crippen LogP contribution in [0, 0.1) is 0 Å². The van der Waals surface area contributed by atoms with Crippen LogP contribution in [0.4, 0.5) is 0 Å². The van der Waals surface area contributed by atoms with Gasteiger partial charge in [-0.15, -0.1) is 0 Å². The zero-order valence-electron chi connectivity index (χ0n) is 9.69. The molecule has 1 amide bonds. The fourth-order valence-corrected chi connectivity index (χ4v) is 1.74. The fraction of sp³-hybridized carbons (Fsp3) is 0.800. The highest BCUT2D eigenvalue weighted by Gasteiger charge is 2.38. The van der Waals surface area contributed by atoms with Crippen molar-refractivity contribution in [2.24, 2.45) is 10.9 Å². The van der Waals surface area contributed by atoms with Crippen LogP contribution in [-0.2, 0) is 9.53 Å². The number of amidine groups is 1. The molecule has 1 heterocycles. The van der Waals surface area contributed by atoms with Crippen molar-refractivity contribution in [3.63, 3.8) is 0 Å². The third kappa shape index (κ3) is 3.10. The number of ether oxygens (including phenoxy) is 1. The summed E-state index contributed by atoms with van der Waals surface area (Å²) in [6, 6.07) is -0.176. The van der Waals surface area contributed by atoms with E-state index in [-0.39, 0.29) is 17.8 Å². The summed E-state index contributed by atoms with van der Waals surface area (Å²) in [5.41, 5.74) is 4.63. The van der Waals surface area contributed by atoms with Crippen LogP contribution in [0.1, 0.15) is 33.1 Å². The fourth-order valence-electron chi connectivity index (χ4n) is 1.74. The van der Waals surface area contributed by atoms with Crippen molar-refractivity contribution in [2.75, 3.05) is 6.61 Å². The molecule has 2 atom stereocenters. The van der Waals surface area contributed by atoms with Crippen LogP contribution < -0.4 is 11.1 Å². The second-order valence-corrected chi connectivity index (χ2v) is 4.35. The lowest BCUT2D eigenvalue weighted by molar-refractivity contribution is -0.140. The summed E-state index contributed by atoms with van der Waals surface area (Å²) in [5.74, 6) is -0.0338. The number of nitrogens with two attached hydrogens (primary N) is 1. The summed E-state index contributed by atoms with van der Waals surface area (Å²) in [4.78, 5) is 11.9. The van der Waals surface area contributed by atoms with E-state index in [0.717, 1.165) is 12.8 Å². The van der Waals surface area contributed by atoms with Gasteiger partial charge in [-0.2, -0.15) is 0 Å². The van der Waals surface area contributed by atoms with Crippen molar-refractivity contribution in [3.05, 3.63) is 0 Å². The highest BCUT2D eigenvalue weighted by atomic mass is 16.5. The Bertz CT molecular complexity index is 285. The van der Waals surface area contributed by atoms with E-state index < -0.39 is 5.60 Å². The SMILES string of the molecule is CC(CC(N)=NO)NC(=O)C1(C)CCCO1. The largest absolute Gasteiger partial charge is 0.409 e. The summed E-state index contributed by atoms with van der Waals surface area (Å²) < 4.78 is 5.41. The normalized spacial score (nSPS) is 27.8. The lowest BCUT2D eigenvalue weighted by Crippen LogP contribution is -2.48. The zero-order valence-corrected chi connectivity index (χ0v) is 9.69. The van der Waals surface area contributed by atoms with Crippen molar-refractivity contribution in [3.8, 4) is 0 Å². The molecule has 1 rings (SSSR count). The van der Waals surface area contributed by atoms with Gasteiger partial charge in [0, 0.05) is 19.1 Å². The summed E-state index contributed by atoms with van der Waals surface area (Å²) in [6.07, 6.45) is 1.95. The number of carbonyl (C=O) groups is 1. The highest BCUT2D eigenvalue weighted by molar-refractivity contribution is 5.86. The molecular weight excluding hydrogens is 210 g/mol. The number of rotatable bonds is 4. The molecule has 0 saturated carbocycles. The van der Waals surface area contributed by atoms with Crippen LogP contribution in [0.5, 0.6) is 0 Å². The molecule has 0 spiro atoms. The van der Waals surface area contributed by atoms with Gasteiger partial charge in [-0.3, -0.25) is 4.79 Å². The average molecular weight is 229 g/mol. The first kappa shape index (κ1) is 12.8. The molecule has 2 unspecified atom stereocenters. The number of amides is 1. The molecule has 0 aromatic carbocycles. The number of carbonyl (C=O) groups excluding carboxylic acids is 1. The van der Waals surface area contributed by atoms with Crippen LogP contribution in [0.3, 0.4) is 0 Å². The Morgan fingerprint density at radius 3 is 2.94 bits per heavy atom. The number of oxime groups is 1. The van der Waals surface area contributed by atoms with Crippen LogP contribution in [0.2, 0.25) is 0 Å². The van der Waals surface area contributed by atoms with Gasteiger partial charge in [-0.25, -0.2) is 0 Å². The van der Waals surface area contributed by atoms with Crippen LogP contribution >= 0.6 is 0 Å². The van der Waals surface area contributed by atoms with E-state index in [0.29, 0.717) is 13.0 Å². The molecule has 1 saturated heterocycles. The number of nitrogens with zero attached hydrogens (tertiary/aromatic N) is 1. The molecule has 0 aliphatic carbocycles. The molecule has 0 aromatic rings. The monoisotopic (exact) mass is 229 g/mol. The summed E-state index contributed by atoms with van der Waals surface area (Å²) >= 11 is 0. The smallest absolute Gasteiger partial charge is 0.252 e. The van der Waals surface area contributed by atoms with Gasteiger partial charge < -0.3 is 21.0 Å². The van der Waals surface area contributed by atoms with Gasteiger partial charge in [0.25, 0.3) is 5.91 Å². The molecule has 0 radical (unpaired) electrons. The molecule has 0 aromatic heterocycles. The van der Waals surface area contributed by atoms with Gasteiger partial charge in [0.1, 0.15) is 11.4 Å². The van der Waals surface area contributed by atoms with E-state index in [1.807, 2.05) is 0 Å². The maximum absolute atomic E-state index is 11.9. The first-order valence-corrected chi connectivity index (χ1v) is 5.39. The van der Waals surface area contributed by atoms with Crippen molar-refractivity contribution in [2.45, 2.75) is 44.8 Å². The number of hydrogen-bond donors (Lipinski definition) is 3. The molecule has 1 aliphatic heterocycles. The third-order valence-corrected chi connectivity index (χ3v) is 2.72. The Morgan fingerprint density at radius 2 is 2.44 bits per heavy atom. The van der Waals surface area contributed by atoms with Crippen molar-refractivity contribution in [1.82, 2.24) is 5.32 Å². The molecule has 0 bridgehead atoms. The second kappa shape index (κ2) is 5.16. The molecule has 4 N–H and O–H groups in total. The Balaban J connectivity index is 2.44. The van der Waals surface area contributed by atoms with Crippen LogP contribution in [0.25, 0.3) is 0 Å². The zero-order chi connectivity index (χ0) is 12.2. The Kier molecular flexibility index (Phi) is 4.12. The van der Waals surface area contributed by atoms with Crippen LogP contribution in [-0.4, -0.2) is 35.2 Å². The molecule has 92 valence electrons. The Morgan fingerprint density at radius 1 is 1.75 bits per heavy atom. The van der Waals surface area contributed by atoms with E-state index in [1.165, 1.54) is 0 Å². The molecule has 6 heteroatoms. The average Bonchev–Trinajstić information content (AvgIpc) is 2.66. The van der Waals surface area contributed by atoms with Gasteiger partial charge in [0.05, 0.1) is 0 Å². The minimum absolute atomic E-state index is 0.102. The molecule has 16 heavy (non-hydrogen) atoms. The molecule has 1 aliphatic rings. The Hall–Kier alpha value is -1.30. The number of nitrogens with one attached hydrogen (secondary N) is 1. The van der Waals surface area contributed by atoms with E-state index in [9.17, 15) is 4.79 Å². The van der Waals surface area contributed by atoms with E-state index in [4.69, 9.17) is 15.7 Å². The minimum atomic E-state index is -0.723. The molecule has 6 nitrogen and oxygen atoms in total. The third-order valence-electron chi connectivity index (χ3n) is 2.72. The van der Waals surface area contributed by atoms with Gasteiger partial charge >= 0.3 is 0 Å². The molecular formula is C10H19N3O3. The number of hydrogen-bond acceptors (Lipinski definition) is 4. The lowest BCUT2D eigenvalue weighted by atomic mass is 10.0. The van der Waals surface area contributed by atoms with Gasteiger partial charge in [0.2, 0.25) is 0 Å². The van der Waals surface area contributed by atoms with E-state index >= 15 is 0 Å². The van der Waals surface area contributed by atoms with Crippen molar-refractivity contribution in [1.29, 1.82) is 0 Å². The second-order valence-electron chi connectivity index (χ2n) is 4.35. The van der Waals surface area contributed by atoms with Crippen molar-refractivity contribution < 1.29 is 14.7 Å². The summed E-state index contributed by atoms with van der Waals surface area (Å²) in [7, 11) is 0. The van der Waals surface area contributed by atoms with E-state index in [2.05, 4.69) is 10.5 Å². The standard InChI is InChI=1S/C10H19N3O3/c1-7(6-8(11)13-15)12-9(14)10(2)4-3-5-16-10/h7,15H,3-6H2,1-2H3,(H2,11,13)(H,12,14). The minimum Gasteiger partial charge on any atom is -0.409 e. The molecule has 1 fully saturated rings. The summed E-state index contributed by atoms with van der Waals surface area (Å²) in [6.45, 7) is 4.21.